The Labute approximate surface area is 116 Å². The molecule has 0 atom stereocenters. The Balaban J connectivity index is 1.98. The lowest BCUT2D eigenvalue weighted by Crippen LogP contribution is -2.27. The molecule has 0 fully saturated rings. The standard InChI is InChI=1S/C16H26N2O/c1-14(2)17-12-7-11-16(19)18-13-6-10-15-8-4-3-5-9-15/h3-5,8-9,14,17H,6-7,10-13H2,1-2H3,(H,18,19). The van der Waals surface area contributed by atoms with Crippen LogP contribution in [0.4, 0.5) is 0 Å². The number of aryl methyl sites for hydroxylation is 1. The van der Waals surface area contributed by atoms with Crippen molar-refractivity contribution in [3.63, 3.8) is 0 Å². The molecule has 0 unspecified atom stereocenters. The van der Waals surface area contributed by atoms with E-state index in [0.29, 0.717) is 12.5 Å². The number of hydrogen-bond donors (Lipinski definition) is 2. The van der Waals surface area contributed by atoms with Crippen LogP contribution in [-0.4, -0.2) is 25.0 Å². The van der Waals surface area contributed by atoms with Crippen molar-refractivity contribution in [1.82, 2.24) is 10.6 Å². The molecule has 0 saturated heterocycles. The monoisotopic (exact) mass is 262 g/mol. The van der Waals surface area contributed by atoms with E-state index in [1.165, 1.54) is 5.56 Å². The highest BCUT2D eigenvalue weighted by Gasteiger charge is 2.00. The number of hydrogen-bond acceptors (Lipinski definition) is 2. The van der Waals surface area contributed by atoms with Gasteiger partial charge in [-0.25, -0.2) is 0 Å². The minimum atomic E-state index is 0.165. The van der Waals surface area contributed by atoms with Crippen molar-refractivity contribution in [3.8, 4) is 0 Å². The van der Waals surface area contributed by atoms with E-state index >= 15 is 0 Å². The van der Waals surface area contributed by atoms with Gasteiger partial charge in [-0.3, -0.25) is 4.79 Å². The molecule has 0 aromatic heterocycles. The lowest BCUT2D eigenvalue weighted by Gasteiger charge is -2.08. The molecule has 0 aliphatic rings. The first-order valence-electron chi connectivity index (χ1n) is 7.22. The molecule has 1 aromatic carbocycles. The first kappa shape index (κ1) is 15.7. The summed E-state index contributed by atoms with van der Waals surface area (Å²) in [5, 5.41) is 6.28. The smallest absolute Gasteiger partial charge is 0.220 e. The normalized spacial score (nSPS) is 10.7. The molecule has 3 heteroatoms. The summed E-state index contributed by atoms with van der Waals surface area (Å²) in [4.78, 5) is 11.6. The quantitative estimate of drug-likeness (QED) is 0.671. The van der Waals surface area contributed by atoms with E-state index in [9.17, 15) is 4.79 Å². The van der Waals surface area contributed by atoms with Crippen molar-refractivity contribution in [1.29, 1.82) is 0 Å². The number of rotatable bonds is 9. The summed E-state index contributed by atoms with van der Waals surface area (Å²) >= 11 is 0. The van der Waals surface area contributed by atoms with Crippen molar-refractivity contribution in [3.05, 3.63) is 35.9 Å². The van der Waals surface area contributed by atoms with Gasteiger partial charge in [0.15, 0.2) is 0 Å². The van der Waals surface area contributed by atoms with Crippen molar-refractivity contribution >= 4 is 5.91 Å². The predicted octanol–water partition coefficient (Wildman–Crippen LogP) is 2.51. The highest BCUT2D eigenvalue weighted by Crippen LogP contribution is 2.01. The first-order valence-corrected chi connectivity index (χ1v) is 7.22. The highest BCUT2D eigenvalue weighted by atomic mass is 16.1. The van der Waals surface area contributed by atoms with Gasteiger partial charge in [-0.15, -0.1) is 0 Å². The molecule has 1 aromatic rings. The van der Waals surface area contributed by atoms with Crippen LogP contribution >= 0.6 is 0 Å². The molecule has 0 aliphatic heterocycles. The summed E-state index contributed by atoms with van der Waals surface area (Å²) < 4.78 is 0. The summed E-state index contributed by atoms with van der Waals surface area (Å²) in [7, 11) is 0. The van der Waals surface area contributed by atoms with E-state index in [4.69, 9.17) is 0 Å². The second-order valence-corrected chi connectivity index (χ2v) is 5.15. The van der Waals surface area contributed by atoms with Gasteiger partial charge in [-0.2, -0.15) is 0 Å². The van der Waals surface area contributed by atoms with Crippen molar-refractivity contribution in [2.75, 3.05) is 13.1 Å². The van der Waals surface area contributed by atoms with E-state index in [1.54, 1.807) is 0 Å². The van der Waals surface area contributed by atoms with Crippen LogP contribution in [0.3, 0.4) is 0 Å². The Bertz CT molecular complexity index is 349. The Kier molecular flexibility index (Phi) is 7.91. The molecule has 0 spiro atoms. The van der Waals surface area contributed by atoms with E-state index < -0.39 is 0 Å². The number of amides is 1. The van der Waals surface area contributed by atoms with Crippen LogP contribution < -0.4 is 10.6 Å². The molecule has 19 heavy (non-hydrogen) atoms. The minimum Gasteiger partial charge on any atom is -0.356 e. The molecule has 0 heterocycles. The molecule has 1 amide bonds. The fourth-order valence-electron chi connectivity index (χ4n) is 1.89. The zero-order valence-electron chi connectivity index (χ0n) is 12.1. The van der Waals surface area contributed by atoms with Gasteiger partial charge in [0.2, 0.25) is 5.91 Å². The molecule has 2 N–H and O–H groups in total. The Hall–Kier alpha value is -1.35. The predicted molar refractivity (Wildman–Crippen MR) is 80.1 cm³/mol. The Morgan fingerprint density at radius 1 is 1.11 bits per heavy atom. The van der Waals surface area contributed by atoms with E-state index in [1.807, 2.05) is 6.07 Å². The van der Waals surface area contributed by atoms with Gasteiger partial charge < -0.3 is 10.6 Å². The summed E-state index contributed by atoms with van der Waals surface area (Å²) in [5.74, 6) is 0.165. The SMILES string of the molecule is CC(C)NCCCC(=O)NCCCc1ccccc1. The maximum atomic E-state index is 11.6. The number of nitrogens with one attached hydrogen (secondary N) is 2. The third-order valence-electron chi connectivity index (χ3n) is 2.94. The van der Waals surface area contributed by atoms with Gasteiger partial charge in [-0.05, 0) is 31.4 Å². The van der Waals surface area contributed by atoms with Crippen LogP contribution in [0.1, 0.15) is 38.7 Å². The molecule has 0 aliphatic carbocycles. The molecule has 106 valence electrons. The summed E-state index contributed by atoms with van der Waals surface area (Å²) in [6.07, 6.45) is 3.55. The number of carbonyl (C=O) groups excluding carboxylic acids is 1. The number of carbonyl (C=O) groups is 1. The second kappa shape index (κ2) is 9.56. The van der Waals surface area contributed by atoms with Crippen LogP contribution in [0.15, 0.2) is 30.3 Å². The van der Waals surface area contributed by atoms with E-state index in [-0.39, 0.29) is 5.91 Å². The second-order valence-electron chi connectivity index (χ2n) is 5.15. The summed E-state index contributed by atoms with van der Waals surface area (Å²) in [6.45, 7) is 5.91. The third-order valence-corrected chi connectivity index (χ3v) is 2.94. The first-order chi connectivity index (χ1) is 9.18. The van der Waals surface area contributed by atoms with Crippen LogP contribution in [-0.2, 0) is 11.2 Å². The zero-order valence-corrected chi connectivity index (χ0v) is 12.1. The van der Waals surface area contributed by atoms with Crippen molar-refractivity contribution < 1.29 is 4.79 Å². The minimum absolute atomic E-state index is 0.165. The lowest BCUT2D eigenvalue weighted by atomic mass is 10.1. The molecule has 0 radical (unpaired) electrons. The zero-order chi connectivity index (χ0) is 13.9. The molecule has 0 bridgehead atoms. The third kappa shape index (κ3) is 8.38. The summed E-state index contributed by atoms with van der Waals surface area (Å²) in [6, 6.07) is 10.9. The van der Waals surface area contributed by atoms with Crippen LogP contribution in [0.5, 0.6) is 0 Å². The molecule has 1 rings (SSSR count). The average molecular weight is 262 g/mol. The van der Waals surface area contributed by atoms with Crippen LogP contribution in [0.25, 0.3) is 0 Å². The van der Waals surface area contributed by atoms with E-state index in [0.717, 1.165) is 32.4 Å². The topological polar surface area (TPSA) is 41.1 Å². The van der Waals surface area contributed by atoms with Gasteiger partial charge in [0, 0.05) is 19.0 Å². The fraction of sp³-hybridized carbons (Fsp3) is 0.562. The van der Waals surface area contributed by atoms with Gasteiger partial charge in [-0.1, -0.05) is 44.2 Å². The van der Waals surface area contributed by atoms with E-state index in [2.05, 4.69) is 48.7 Å². The van der Waals surface area contributed by atoms with Crippen molar-refractivity contribution in [2.45, 2.75) is 45.6 Å². The highest BCUT2D eigenvalue weighted by molar-refractivity contribution is 5.75. The van der Waals surface area contributed by atoms with Crippen LogP contribution in [0.2, 0.25) is 0 Å². The van der Waals surface area contributed by atoms with Gasteiger partial charge >= 0.3 is 0 Å². The fourth-order valence-corrected chi connectivity index (χ4v) is 1.89. The van der Waals surface area contributed by atoms with Crippen molar-refractivity contribution in [2.24, 2.45) is 0 Å². The summed E-state index contributed by atoms with van der Waals surface area (Å²) in [5.41, 5.74) is 1.33. The molecular formula is C16H26N2O. The maximum absolute atomic E-state index is 11.6. The van der Waals surface area contributed by atoms with Gasteiger partial charge in [0.1, 0.15) is 0 Å². The number of benzene rings is 1. The molecule has 0 saturated carbocycles. The Morgan fingerprint density at radius 2 is 1.84 bits per heavy atom. The van der Waals surface area contributed by atoms with Gasteiger partial charge in [0.05, 0.1) is 0 Å². The Morgan fingerprint density at radius 3 is 2.53 bits per heavy atom. The molecule has 3 nitrogen and oxygen atoms in total. The molecular weight excluding hydrogens is 236 g/mol. The lowest BCUT2D eigenvalue weighted by molar-refractivity contribution is -0.121. The maximum Gasteiger partial charge on any atom is 0.220 e. The largest absolute Gasteiger partial charge is 0.356 e. The van der Waals surface area contributed by atoms with Crippen LogP contribution in [0, 0.1) is 0 Å². The average Bonchev–Trinajstić information content (AvgIpc) is 2.41. The van der Waals surface area contributed by atoms with Gasteiger partial charge in [0.25, 0.3) is 0 Å².